The largest absolute Gasteiger partial charge is 0.354 e. The monoisotopic (exact) mass is 436 g/mol. The number of carbonyl (C=O) groups excluding carboxylic acids is 1. The number of aryl methyl sites for hydroxylation is 2. The first-order valence-corrected chi connectivity index (χ1v) is 11.0. The van der Waals surface area contributed by atoms with E-state index in [1.165, 1.54) is 5.56 Å². The zero-order valence-electron chi connectivity index (χ0n) is 18.3. The highest BCUT2D eigenvalue weighted by atomic mass is 35.5. The minimum absolute atomic E-state index is 0.170. The lowest BCUT2D eigenvalue weighted by Gasteiger charge is -2.15. The average Bonchev–Trinajstić information content (AvgIpc) is 2.75. The summed E-state index contributed by atoms with van der Waals surface area (Å²) >= 11 is 6.21. The summed E-state index contributed by atoms with van der Waals surface area (Å²) in [6.45, 7) is 7.41. The smallest absolute Gasteiger partial charge is 0.255 e. The molecule has 1 heterocycles. The van der Waals surface area contributed by atoms with E-state index in [9.17, 15) is 4.79 Å². The number of hydrogen-bond donors (Lipinski definition) is 2. The van der Waals surface area contributed by atoms with Gasteiger partial charge in [-0.15, -0.1) is 0 Å². The van der Waals surface area contributed by atoms with Crippen LogP contribution in [0.1, 0.15) is 41.9 Å². The molecule has 2 aromatic carbocycles. The van der Waals surface area contributed by atoms with Gasteiger partial charge >= 0.3 is 0 Å². The second kappa shape index (κ2) is 10.9. The van der Waals surface area contributed by atoms with Crippen molar-refractivity contribution in [3.63, 3.8) is 0 Å². The van der Waals surface area contributed by atoms with Crippen molar-refractivity contribution in [2.45, 2.75) is 33.6 Å². The van der Waals surface area contributed by atoms with Crippen molar-refractivity contribution in [3.05, 3.63) is 76.4 Å². The maximum atomic E-state index is 13.1. The van der Waals surface area contributed by atoms with Gasteiger partial charge in [0.2, 0.25) is 5.95 Å². The Morgan fingerprint density at radius 1 is 1.06 bits per heavy atom. The number of benzene rings is 2. The maximum absolute atomic E-state index is 13.1. The van der Waals surface area contributed by atoms with Crippen LogP contribution in [0.2, 0.25) is 5.02 Å². The van der Waals surface area contributed by atoms with Gasteiger partial charge in [0.25, 0.3) is 5.91 Å². The van der Waals surface area contributed by atoms with Crippen molar-refractivity contribution in [2.75, 3.05) is 18.4 Å². The van der Waals surface area contributed by atoms with Crippen molar-refractivity contribution in [1.82, 2.24) is 15.3 Å². The summed E-state index contributed by atoms with van der Waals surface area (Å²) in [5, 5.41) is 6.89. The Balaban J connectivity index is 1.80. The zero-order chi connectivity index (χ0) is 22.2. The Morgan fingerprint density at radius 2 is 1.84 bits per heavy atom. The van der Waals surface area contributed by atoms with Crippen LogP contribution in [0.15, 0.2) is 54.6 Å². The van der Waals surface area contributed by atoms with Crippen LogP contribution in [-0.2, 0) is 6.42 Å². The summed E-state index contributed by atoms with van der Waals surface area (Å²) in [5.74, 6) is 0.795. The molecule has 0 spiro atoms. The molecule has 0 bridgehead atoms. The van der Waals surface area contributed by atoms with Gasteiger partial charge in [-0.25, -0.2) is 9.97 Å². The quantitative estimate of drug-likeness (QED) is 0.432. The molecule has 0 aliphatic carbocycles. The predicted molar refractivity (Wildman–Crippen MR) is 128 cm³/mol. The number of halogens is 1. The fraction of sp³-hybridized carbons (Fsp3) is 0.320. The van der Waals surface area contributed by atoms with Crippen LogP contribution in [0.25, 0.3) is 11.3 Å². The molecule has 0 saturated carbocycles. The maximum Gasteiger partial charge on any atom is 0.255 e. The van der Waals surface area contributed by atoms with E-state index in [2.05, 4.69) is 46.6 Å². The Labute approximate surface area is 189 Å². The molecule has 0 aliphatic heterocycles. The Bertz CT molecular complexity index is 1020. The highest BCUT2D eigenvalue weighted by molar-refractivity contribution is 6.30. The summed E-state index contributed by atoms with van der Waals surface area (Å²) in [4.78, 5) is 22.3. The molecule has 1 amide bonds. The molecule has 0 saturated heterocycles. The number of amides is 1. The Kier molecular flexibility index (Phi) is 8.01. The van der Waals surface area contributed by atoms with Gasteiger partial charge in [0, 0.05) is 23.7 Å². The lowest BCUT2D eigenvalue weighted by Crippen LogP contribution is -2.27. The van der Waals surface area contributed by atoms with E-state index in [0.717, 1.165) is 24.9 Å². The first-order valence-electron chi connectivity index (χ1n) is 10.6. The van der Waals surface area contributed by atoms with Gasteiger partial charge < -0.3 is 10.6 Å². The summed E-state index contributed by atoms with van der Waals surface area (Å²) in [7, 11) is 0. The fourth-order valence-electron chi connectivity index (χ4n) is 3.29. The van der Waals surface area contributed by atoms with Gasteiger partial charge in [-0.2, -0.15) is 0 Å². The third-order valence-electron chi connectivity index (χ3n) is 4.85. The number of carbonyl (C=O) groups is 1. The fourth-order valence-corrected chi connectivity index (χ4v) is 3.48. The molecule has 162 valence electrons. The van der Waals surface area contributed by atoms with E-state index in [0.29, 0.717) is 40.4 Å². The van der Waals surface area contributed by atoms with Crippen molar-refractivity contribution in [3.8, 4) is 11.3 Å². The number of rotatable bonds is 9. The Morgan fingerprint density at radius 3 is 2.55 bits per heavy atom. The van der Waals surface area contributed by atoms with Gasteiger partial charge in [0.1, 0.15) is 0 Å². The molecule has 6 heteroatoms. The number of nitrogens with one attached hydrogen (secondary N) is 2. The molecular formula is C25H29ClN4O. The molecule has 0 fully saturated rings. The second-order valence-corrected chi connectivity index (χ2v) is 8.42. The van der Waals surface area contributed by atoms with Crippen molar-refractivity contribution in [1.29, 1.82) is 0 Å². The molecule has 0 aliphatic rings. The molecule has 2 N–H and O–H groups in total. The summed E-state index contributed by atoms with van der Waals surface area (Å²) in [5.41, 5.74) is 3.76. The van der Waals surface area contributed by atoms with Crippen LogP contribution < -0.4 is 10.6 Å². The summed E-state index contributed by atoms with van der Waals surface area (Å²) in [6, 6.07) is 17.7. The summed E-state index contributed by atoms with van der Waals surface area (Å²) < 4.78 is 0. The van der Waals surface area contributed by atoms with Crippen molar-refractivity contribution in [2.24, 2.45) is 5.92 Å². The second-order valence-electron chi connectivity index (χ2n) is 7.99. The van der Waals surface area contributed by atoms with Gasteiger partial charge in [0.05, 0.1) is 17.0 Å². The van der Waals surface area contributed by atoms with Crippen LogP contribution in [-0.4, -0.2) is 29.0 Å². The van der Waals surface area contributed by atoms with Crippen molar-refractivity contribution < 1.29 is 4.79 Å². The first-order chi connectivity index (χ1) is 14.9. The third-order valence-corrected chi connectivity index (χ3v) is 5.09. The number of nitrogens with zero attached hydrogens (tertiary/aromatic N) is 2. The number of hydrogen-bond acceptors (Lipinski definition) is 4. The molecule has 0 radical (unpaired) electrons. The lowest BCUT2D eigenvalue weighted by atomic mass is 10.0. The van der Waals surface area contributed by atoms with E-state index in [1.807, 2.05) is 43.3 Å². The summed E-state index contributed by atoms with van der Waals surface area (Å²) in [6.07, 6.45) is 1.77. The highest BCUT2D eigenvalue weighted by Gasteiger charge is 2.20. The van der Waals surface area contributed by atoms with E-state index in [4.69, 9.17) is 11.6 Å². The molecule has 3 aromatic rings. The molecule has 1 aromatic heterocycles. The first kappa shape index (κ1) is 22.8. The lowest BCUT2D eigenvalue weighted by molar-refractivity contribution is 0.0952. The van der Waals surface area contributed by atoms with Crippen LogP contribution in [0, 0.1) is 12.8 Å². The Hall–Kier alpha value is -2.92. The van der Waals surface area contributed by atoms with Crippen LogP contribution in [0.3, 0.4) is 0 Å². The van der Waals surface area contributed by atoms with Gasteiger partial charge in [-0.1, -0.05) is 67.9 Å². The topological polar surface area (TPSA) is 66.9 Å². The van der Waals surface area contributed by atoms with Gasteiger partial charge in [-0.3, -0.25) is 4.79 Å². The molecule has 31 heavy (non-hydrogen) atoms. The molecule has 3 rings (SSSR count). The minimum Gasteiger partial charge on any atom is -0.354 e. The third kappa shape index (κ3) is 6.53. The normalized spacial score (nSPS) is 10.9. The highest BCUT2D eigenvalue weighted by Crippen LogP contribution is 2.27. The number of aromatic nitrogens is 2. The predicted octanol–water partition coefficient (Wildman–Crippen LogP) is 5.54. The molecule has 0 unspecified atom stereocenters. The molecule has 0 atom stereocenters. The van der Waals surface area contributed by atoms with Crippen LogP contribution in [0.4, 0.5) is 5.95 Å². The van der Waals surface area contributed by atoms with E-state index < -0.39 is 0 Å². The van der Waals surface area contributed by atoms with Gasteiger partial charge in [0.15, 0.2) is 0 Å². The van der Waals surface area contributed by atoms with Gasteiger partial charge in [-0.05, 0) is 43.4 Å². The standard InChI is InChI=1S/C25H29ClN4O/c1-17(2)16-28-25-29-18(3)22(23(30-25)20-12-7-13-21(26)15-20)24(31)27-14-8-11-19-9-5-4-6-10-19/h4-7,9-10,12-13,15,17H,8,11,14,16H2,1-3H3,(H,27,31)(H,28,29,30). The van der Waals surface area contributed by atoms with Crippen molar-refractivity contribution >= 4 is 23.5 Å². The number of anilines is 1. The SMILES string of the molecule is Cc1nc(NCC(C)C)nc(-c2cccc(Cl)c2)c1C(=O)NCCCc1ccccc1. The van der Waals surface area contributed by atoms with E-state index in [-0.39, 0.29) is 5.91 Å². The van der Waals surface area contributed by atoms with E-state index in [1.54, 1.807) is 6.07 Å². The minimum atomic E-state index is -0.170. The van der Waals surface area contributed by atoms with Crippen LogP contribution in [0.5, 0.6) is 0 Å². The van der Waals surface area contributed by atoms with E-state index >= 15 is 0 Å². The van der Waals surface area contributed by atoms with Crippen LogP contribution >= 0.6 is 11.6 Å². The zero-order valence-corrected chi connectivity index (χ0v) is 19.0. The molecular weight excluding hydrogens is 408 g/mol. The molecule has 5 nitrogen and oxygen atoms in total. The average molecular weight is 437 g/mol.